The number of aromatic nitrogens is 2. The summed E-state index contributed by atoms with van der Waals surface area (Å²) in [5.74, 6) is -0.798. The van der Waals surface area contributed by atoms with Gasteiger partial charge in [0.2, 0.25) is 11.8 Å². The first-order chi connectivity index (χ1) is 12.1. The number of hydrogen-bond acceptors (Lipinski definition) is 5. The highest BCUT2D eigenvalue weighted by Crippen LogP contribution is 2.31. The van der Waals surface area contributed by atoms with E-state index in [0.29, 0.717) is 18.9 Å². The standard InChI is InChI=1S/C18H23N5O2/c1-23-15-10-12(20-11-6-8-19-9-7-11)2-3-13(15)17(22-23)14-4-5-16(24)21-18(14)25/h2-3,10-11,14,19-20H,4-9H2,1H3,(H,21,24,25)/t14-/m0/s1. The molecule has 1 aromatic heterocycles. The van der Waals surface area contributed by atoms with Crippen LogP contribution in [0, 0.1) is 0 Å². The van der Waals surface area contributed by atoms with Crippen LogP contribution in [0.2, 0.25) is 0 Å². The number of rotatable bonds is 3. The van der Waals surface area contributed by atoms with Gasteiger partial charge in [-0.05, 0) is 50.6 Å². The van der Waals surface area contributed by atoms with E-state index < -0.39 is 0 Å². The predicted octanol–water partition coefficient (Wildman–Crippen LogP) is 1.26. The van der Waals surface area contributed by atoms with Crippen molar-refractivity contribution >= 4 is 28.4 Å². The minimum atomic E-state index is -0.357. The van der Waals surface area contributed by atoms with E-state index in [2.05, 4.69) is 33.2 Å². The van der Waals surface area contributed by atoms with Gasteiger partial charge in [0.15, 0.2) is 0 Å². The molecule has 1 aromatic carbocycles. The predicted molar refractivity (Wildman–Crippen MR) is 95.4 cm³/mol. The Hall–Kier alpha value is -2.41. The number of anilines is 1. The molecule has 2 fully saturated rings. The van der Waals surface area contributed by atoms with E-state index in [4.69, 9.17) is 0 Å². The summed E-state index contributed by atoms with van der Waals surface area (Å²) in [7, 11) is 1.89. The van der Waals surface area contributed by atoms with E-state index in [0.717, 1.165) is 48.2 Å². The Kier molecular flexibility index (Phi) is 4.17. The van der Waals surface area contributed by atoms with Crippen molar-refractivity contribution in [2.24, 2.45) is 7.05 Å². The first-order valence-corrected chi connectivity index (χ1v) is 8.89. The maximum atomic E-state index is 12.2. The third-order valence-corrected chi connectivity index (χ3v) is 5.16. The molecular formula is C18H23N5O2. The second-order valence-electron chi connectivity index (χ2n) is 6.91. The third kappa shape index (κ3) is 3.11. The minimum Gasteiger partial charge on any atom is -0.382 e. The monoisotopic (exact) mass is 341 g/mol. The quantitative estimate of drug-likeness (QED) is 0.732. The summed E-state index contributed by atoms with van der Waals surface area (Å²) in [6.07, 6.45) is 3.12. The van der Waals surface area contributed by atoms with Crippen LogP contribution in [0.15, 0.2) is 18.2 Å². The molecule has 0 bridgehead atoms. The van der Waals surface area contributed by atoms with Crippen LogP contribution in [0.5, 0.6) is 0 Å². The van der Waals surface area contributed by atoms with Gasteiger partial charge in [0, 0.05) is 30.6 Å². The average Bonchev–Trinajstić information content (AvgIpc) is 2.92. The zero-order valence-electron chi connectivity index (χ0n) is 14.3. The lowest BCUT2D eigenvalue weighted by Crippen LogP contribution is -2.39. The number of nitrogens with zero attached hydrogens (tertiary/aromatic N) is 2. The first kappa shape index (κ1) is 16.1. The molecule has 0 radical (unpaired) electrons. The number of nitrogens with one attached hydrogen (secondary N) is 3. The molecule has 25 heavy (non-hydrogen) atoms. The van der Waals surface area contributed by atoms with Crippen LogP contribution in [0.3, 0.4) is 0 Å². The van der Waals surface area contributed by atoms with E-state index in [1.54, 1.807) is 0 Å². The fourth-order valence-electron chi connectivity index (χ4n) is 3.79. The van der Waals surface area contributed by atoms with Gasteiger partial charge >= 0.3 is 0 Å². The topological polar surface area (TPSA) is 88.0 Å². The van der Waals surface area contributed by atoms with Crippen molar-refractivity contribution in [3.63, 3.8) is 0 Å². The summed E-state index contributed by atoms with van der Waals surface area (Å²) in [6.45, 7) is 2.09. The van der Waals surface area contributed by atoms with Gasteiger partial charge in [-0.2, -0.15) is 5.10 Å². The van der Waals surface area contributed by atoms with Crippen molar-refractivity contribution in [2.75, 3.05) is 18.4 Å². The van der Waals surface area contributed by atoms with Crippen molar-refractivity contribution < 1.29 is 9.59 Å². The molecule has 2 saturated heterocycles. The van der Waals surface area contributed by atoms with Gasteiger partial charge in [-0.15, -0.1) is 0 Å². The number of amides is 2. The van der Waals surface area contributed by atoms with Crippen LogP contribution >= 0.6 is 0 Å². The summed E-state index contributed by atoms with van der Waals surface area (Å²) in [4.78, 5) is 23.6. The van der Waals surface area contributed by atoms with Gasteiger partial charge < -0.3 is 10.6 Å². The second-order valence-corrected chi connectivity index (χ2v) is 6.91. The maximum absolute atomic E-state index is 12.2. The molecule has 7 nitrogen and oxygen atoms in total. The normalized spacial score (nSPS) is 22.2. The lowest BCUT2D eigenvalue weighted by atomic mass is 9.93. The molecule has 4 rings (SSSR count). The number of benzene rings is 1. The van der Waals surface area contributed by atoms with Gasteiger partial charge in [0.25, 0.3) is 0 Å². The summed E-state index contributed by atoms with van der Waals surface area (Å²) in [5.41, 5.74) is 2.84. The van der Waals surface area contributed by atoms with Crippen molar-refractivity contribution in [3.8, 4) is 0 Å². The van der Waals surface area contributed by atoms with E-state index in [-0.39, 0.29) is 17.7 Å². The number of carbonyl (C=O) groups is 2. The molecule has 3 N–H and O–H groups in total. The van der Waals surface area contributed by atoms with Crippen molar-refractivity contribution in [1.29, 1.82) is 0 Å². The van der Waals surface area contributed by atoms with Gasteiger partial charge in [0.05, 0.1) is 17.1 Å². The molecule has 7 heteroatoms. The molecule has 3 heterocycles. The van der Waals surface area contributed by atoms with E-state index >= 15 is 0 Å². The SMILES string of the molecule is Cn1nc([C@@H]2CCC(=O)NC2=O)c2ccc(NC3CCNCC3)cc21. The molecule has 0 aliphatic carbocycles. The van der Waals surface area contributed by atoms with Gasteiger partial charge in [-0.1, -0.05) is 0 Å². The Bertz CT molecular complexity index is 822. The lowest BCUT2D eigenvalue weighted by Gasteiger charge is -2.24. The zero-order chi connectivity index (χ0) is 17.4. The molecule has 0 saturated carbocycles. The number of fused-ring (bicyclic) bond motifs is 1. The highest BCUT2D eigenvalue weighted by atomic mass is 16.2. The Morgan fingerprint density at radius 2 is 2.00 bits per heavy atom. The summed E-state index contributed by atoms with van der Waals surface area (Å²) >= 11 is 0. The van der Waals surface area contributed by atoms with Crippen LogP contribution in [0.4, 0.5) is 5.69 Å². The number of piperidine rings is 2. The average molecular weight is 341 g/mol. The van der Waals surface area contributed by atoms with Gasteiger partial charge in [-0.3, -0.25) is 19.6 Å². The van der Waals surface area contributed by atoms with Crippen LogP contribution in [-0.2, 0) is 16.6 Å². The largest absolute Gasteiger partial charge is 0.382 e. The van der Waals surface area contributed by atoms with Crippen LogP contribution in [0.1, 0.15) is 37.3 Å². The molecule has 2 aliphatic rings. The smallest absolute Gasteiger partial charge is 0.235 e. The molecule has 2 aromatic rings. The van der Waals surface area contributed by atoms with Crippen molar-refractivity contribution in [3.05, 3.63) is 23.9 Å². The lowest BCUT2D eigenvalue weighted by molar-refractivity contribution is -0.134. The number of carbonyl (C=O) groups excluding carboxylic acids is 2. The number of hydrogen-bond donors (Lipinski definition) is 3. The number of aryl methyl sites for hydroxylation is 1. The Labute approximate surface area is 146 Å². The molecular weight excluding hydrogens is 318 g/mol. The summed E-state index contributed by atoms with van der Waals surface area (Å²) in [5, 5.41) is 15.0. The Morgan fingerprint density at radius 1 is 1.20 bits per heavy atom. The molecule has 1 atom stereocenters. The fraction of sp³-hybridized carbons (Fsp3) is 0.500. The van der Waals surface area contributed by atoms with Crippen LogP contribution < -0.4 is 16.0 Å². The zero-order valence-corrected chi connectivity index (χ0v) is 14.3. The molecule has 0 spiro atoms. The second kappa shape index (κ2) is 6.48. The molecule has 0 unspecified atom stereocenters. The first-order valence-electron chi connectivity index (χ1n) is 8.89. The highest BCUT2D eigenvalue weighted by molar-refractivity contribution is 6.02. The van der Waals surface area contributed by atoms with Gasteiger partial charge in [-0.25, -0.2) is 0 Å². The van der Waals surface area contributed by atoms with Crippen LogP contribution in [-0.4, -0.2) is 40.7 Å². The Morgan fingerprint density at radius 3 is 2.76 bits per heavy atom. The third-order valence-electron chi connectivity index (χ3n) is 5.16. The Balaban J connectivity index is 1.62. The van der Waals surface area contributed by atoms with E-state index in [1.807, 2.05) is 17.8 Å². The molecule has 2 amide bonds. The maximum Gasteiger partial charge on any atom is 0.235 e. The van der Waals surface area contributed by atoms with Gasteiger partial charge in [0.1, 0.15) is 0 Å². The van der Waals surface area contributed by atoms with Crippen molar-refractivity contribution in [1.82, 2.24) is 20.4 Å². The fourth-order valence-corrected chi connectivity index (χ4v) is 3.79. The van der Waals surface area contributed by atoms with E-state index in [1.165, 1.54) is 0 Å². The minimum absolute atomic E-state index is 0.199. The highest BCUT2D eigenvalue weighted by Gasteiger charge is 2.31. The number of imide groups is 1. The molecule has 132 valence electrons. The van der Waals surface area contributed by atoms with Crippen LogP contribution in [0.25, 0.3) is 10.9 Å². The van der Waals surface area contributed by atoms with Crippen molar-refractivity contribution in [2.45, 2.75) is 37.6 Å². The van der Waals surface area contributed by atoms with E-state index in [9.17, 15) is 9.59 Å². The summed E-state index contributed by atoms with van der Waals surface area (Å²) in [6, 6.07) is 6.67. The summed E-state index contributed by atoms with van der Waals surface area (Å²) < 4.78 is 1.82. The molecule has 2 aliphatic heterocycles.